The van der Waals surface area contributed by atoms with Gasteiger partial charge in [0.15, 0.2) is 0 Å². The lowest BCUT2D eigenvalue weighted by Crippen LogP contribution is -2.44. The highest BCUT2D eigenvalue weighted by molar-refractivity contribution is 6.30. The summed E-state index contributed by atoms with van der Waals surface area (Å²) in [5.41, 5.74) is 0.968. The van der Waals surface area contributed by atoms with Crippen LogP contribution in [0.25, 0.3) is 0 Å². The van der Waals surface area contributed by atoms with Crippen molar-refractivity contribution < 1.29 is 9.59 Å². The molecule has 0 radical (unpaired) electrons. The van der Waals surface area contributed by atoms with Crippen molar-refractivity contribution in [3.05, 3.63) is 34.9 Å². The Morgan fingerprint density at radius 2 is 2.05 bits per heavy atom. The lowest BCUT2D eigenvalue weighted by atomic mass is 10.2. The maximum absolute atomic E-state index is 12.2. The standard InChI is InChI=1S/C16H22ClN3O2/c1-2-19(12-13-6-5-7-14(17)10-13)16(22)18-11-15(21)20-8-3-4-9-20/h5-7,10H,2-4,8-9,11-12H2,1H3,(H,18,22). The number of urea groups is 1. The highest BCUT2D eigenvalue weighted by Gasteiger charge is 2.19. The Kier molecular flexibility index (Phi) is 6.07. The normalized spacial score (nSPS) is 14.0. The van der Waals surface area contributed by atoms with E-state index in [1.807, 2.05) is 25.1 Å². The minimum Gasteiger partial charge on any atom is -0.341 e. The quantitative estimate of drug-likeness (QED) is 0.905. The summed E-state index contributed by atoms with van der Waals surface area (Å²) in [6, 6.07) is 7.20. The fourth-order valence-electron chi connectivity index (χ4n) is 2.52. The Balaban J connectivity index is 1.84. The van der Waals surface area contributed by atoms with E-state index in [-0.39, 0.29) is 18.5 Å². The van der Waals surface area contributed by atoms with Crippen LogP contribution in [0.1, 0.15) is 25.3 Å². The molecule has 6 heteroatoms. The molecule has 5 nitrogen and oxygen atoms in total. The van der Waals surface area contributed by atoms with Gasteiger partial charge < -0.3 is 15.1 Å². The van der Waals surface area contributed by atoms with Crippen molar-refractivity contribution in [3.8, 4) is 0 Å². The number of likely N-dealkylation sites (tertiary alicyclic amines) is 1. The van der Waals surface area contributed by atoms with Gasteiger partial charge in [-0.2, -0.15) is 0 Å². The summed E-state index contributed by atoms with van der Waals surface area (Å²) in [6.07, 6.45) is 2.10. The number of halogens is 1. The number of nitrogens with zero attached hydrogens (tertiary/aromatic N) is 2. The third kappa shape index (κ3) is 4.63. The lowest BCUT2D eigenvalue weighted by molar-refractivity contribution is -0.129. The zero-order valence-corrected chi connectivity index (χ0v) is 13.6. The first kappa shape index (κ1) is 16.6. The van der Waals surface area contributed by atoms with Crippen LogP contribution in [0.4, 0.5) is 4.79 Å². The number of benzene rings is 1. The van der Waals surface area contributed by atoms with Crippen LogP contribution in [0.15, 0.2) is 24.3 Å². The summed E-state index contributed by atoms with van der Waals surface area (Å²) in [7, 11) is 0. The van der Waals surface area contributed by atoms with E-state index in [0.29, 0.717) is 18.1 Å². The summed E-state index contributed by atoms with van der Waals surface area (Å²) in [6.45, 7) is 4.61. The predicted molar refractivity (Wildman–Crippen MR) is 86.7 cm³/mol. The Morgan fingerprint density at radius 1 is 1.32 bits per heavy atom. The molecule has 0 unspecified atom stereocenters. The van der Waals surface area contributed by atoms with E-state index in [1.165, 1.54) is 0 Å². The first-order valence-electron chi connectivity index (χ1n) is 7.65. The molecule has 1 aliphatic rings. The summed E-state index contributed by atoms with van der Waals surface area (Å²) < 4.78 is 0. The fraction of sp³-hybridized carbons (Fsp3) is 0.500. The minimum absolute atomic E-state index is 0.00958. The molecule has 0 atom stereocenters. The molecule has 0 aromatic heterocycles. The van der Waals surface area contributed by atoms with Gasteiger partial charge in [-0.3, -0.25) is 4.79 Å². The van der Waals surface area contributed by atoms with E-state index in [2.05, 4.69) is 5.32 Å². The van der Waals surface area contributed by atoms with Crippen molar-refractivity contribution in [2.75, 3.05) is 26.2 Å². The number of hydrogen-bond acceptors (Lipinski definition) is 2. The van der Waals surface area contributed by atoms with Crippen LogP contribution in [-0.4, -0.2) is 47.9 Å². The van der Waals surface area contributed by atoms with Gasteiger partial charge in [0.2, 0.25) is 5.91 Å². The highest BCUT2D eigenvalue weighted by atomic mass is 35.5. The van der Waals surface area contributed by atoms with Gasteiger partial charge in [0.1, 0.15) is 0 Å². The minimum atomic E-state index is -0.227. The fourth-order valence-corrected chi connectivity index (χ4v) is 2.74. The zero-order valence-electron chi connectivity index (χ0n) is 12.8. The third-order valence-corrected chi connectivity index (χ3v) is 4.02. The molecule has 1 aromatic rings. The molecule has 2 rings (SSSR count). The maximum Gasteiger partial charge on any atom is 0.318 e. The SMILES string of the molecule is CCN(Cc1cccc(Cl)c1)C(=O)NCC(=O)N1CCCC1. The van der Waals surface area contributed by atoms with Gasteiger partial charge >= 0.3 is 6.03 Å². The van der Waals surface area contributed by atoms with E-state index in [0.717, 1.165) is 31.5 Å². The van der Waals surface area contributed by atoms with Crippen molar-refractivity contribution >= 4 is 23.5 Å². The second-order valence-electron chi connectivity index (χ2n) is 5.39. The van der Waals surface area contributed by atoms with Gasteiger partial charge in [-0.15, -0.1) is 0 Å². The van der Waals surface area contributed by atoms with E-state index in [4.69, 9.17) is 11.6 Å². The van der Waals surface area contributed by atoms with Gasteiger partial charge in [-0.05, 0) is 37.5 Å². The van der Waals surface area contributed by atoms with Gasteiger partial charge in [-0.25, -0.2) is 4.79 Å². The Hall–Kier alpha value is -1.75. The first-order valence-corrected chi connectivity index (χ1v) is 8.03. The molecule has 1 fully saturated rings. The van der Waals surface area contributed by atoms with E-state index >= 15 is 0 Å². The van der Waals surface area contributed by atoms with Gasteiger partial charge in [0, 0.05) is 31.2 Å². The molecule has 0 saturated carbocycles. The van der Waals surface area contributed by atoms with Crippen LogP contribution in [0, 0.1) is 0 Å². The molecule has 1 N–H and O–H groups in total. The molecule has 3 amide bonds. The van der Waals surface area contributed by atoms with Crippen LogP contribution in [0.3, 0.4) is 0 Å². The van der Waals surface area contributed by atoms with Crippen LogP contribution >= 0.6 is 11.6 Å². The molecule has 0 spiro atoms. The molecule has 1 saturated heterocycles. The molecule has 1 aromatic carbocycles. The number of amides is 3. The average Bonchev–Trinajstić information content (AvgIpc) is 3.04. The second-order valence-corrected chi connectivity index (χ2v) is 5.83. The topological polar surface area (TPSA) is 52.7 Å². The van der Waals surface area contributed by atoms with Crippen LogP contribution in [0.5, 0.6) is 0 Å². The number of rotatable bonds is 5. The summed E-state index contributed by atoms with van der Waals surface area (Å²) in [5.74, 6) is -0.00958. The summed E-state index contributed by atoms with van der Waals surface area (Å²) in [5, 5.41) is 3.36. The lowest BCUT2D eigenvalue weighted by Gasteiger charge is -2.22. The Labute approximate surface area is 136 Å². The van der Waals surface area contributed by atoms with Crippen molar-refractivity contribution in [3.63, 3.8) is 0 Å². The van der Waals surface area contributed by atoms with Crippen molar-refractivity contribution in [1.29, 1.82) is 0 Å². The number of carbonyl (C=O) groups excluding carboxylic acids is 2. The molecule has 120 valence electrons. The van der Waals surface area contributed by atoms with Crippen LogP contribution in [0.2, 0.25) is 5.02 Å². The molecule has 1 heterocycles. The third-order valence-electron chi connectivity index (χ3n) is 3.78. The van der Waals surface area contributed by atoms with Crippen molar-refractivity contribution in [1.82, 2.24) is 15.1 Å². The molecule has 1 aliphatic heterocycles. The average molecular weight is 324 g/mol. The van der Waals surface area contributed by atoms with E-state index < -0.39 is 0 Å². The first-order chi connectivity index (χ1) is 10.6. The predicted octanol–water partition coefficient (Wildman–Crippen LogP) is 2.49. The van der Waals surface area contributed by atoms with Gasteiger partial charge in [0.25, 0.3) is 0 Å². The van der Waals surface area contributed by atoms with Crippen molar-refractivity contribution in [2.45, 2.75) is 26.3 Å². The van der Waals surface area contributed by atoms with Crippen LogP contribution in [-0.2, 0) is 11.3 Å². The van der Waals surface area contributed by atoms with Gasteiger partial charge in [-0.1, -0.05) is 23.7 Å². The Morgan fingerprint density at radius 3 is 2.68 bits per heavy atom. The molecule has 0 aliphatic carbocycles. The molecule has 0 bridgehead atoms. The van der Waals surface area contributed by atoms with Crippen LogP contribution < -0.4 is 5.32 Å². The van der Waals surface area contributed by atoms with Crippen molar-refractivity contribution in [2.24, 2.45) is 0 Å². The van der Waals surface area contributed by atoms with E-state index in [1.54, 1.807) is 15.9 Å². The largest absolute Gasteiger partial charge is 0.341 e. The summed E-state index contributed by atoms with van der Waals surface area (Å²) >= 11 is 5.96. The maximum atomic E-state index is 12.2. The Bertz CT molecular complexity index is 530. The number of hydrogen-bond donors (Lipinski definition) is 1. The smallest absolute Gasteiger partial charge is 0.318 e. The highest BCUT2D eigenvalue weighted by Crippen LogP contribution is 2.13. The summed E-state index contributed by atoms with van der Waals surface area (Å²) in [4.78, 5) is 27.6. The van der Waals surface area contributed by atoms with Gasteiger partial charge in [0.05, 0.1) is 6.54 Å². The monoisotopic (exact) mass is 323 g/mol. The second kappa shape index (κ2) is 8.03. The zero-order chi connectivity index (χ0) is 15.9. The molecule has 22 heavy (non-hydrogen) atoms. The molecular formula is C16H22ClN3O2. The molecular weight excluding hydrogens is 302 g/mol. The van der Waals surface area contributed by atoms with E-state index in [9.17, 15) is 9.59 Å². The number of carbonyl (C=O) groups is 2. The number of nitrogens with one attached hydrogen (secondary N) is 1.